The van der Waals surface area contributed by atoms with Gasteiger partial charge >= 0.3 is 6.09 Å². The molecule has 0 aliphatic heterocycles. The summed E-state index contributed by atoms with van der Waals surface area (Å²) in [6.45, 7) is 12.8. The van der Waals surface area contributed by atoms with Gasteiger partial charge < -0.3 is 31.4 Å². The number of nitrogens with two attached hydrogens (primary N) is 1. The highest BCUT2D eigenvalue weighted by Gasteiger charge is 2.26. The quantitative estimate of drug-likeness (QED) is 0.327. The van der Waals surface area contributed by atoms with Gasteiger partial charge in [0.2, 0.25) is 17.7 Å². The summed E-state index contributed by atoms with van der Waals surface area (Å²) in [5.74, 6) is -0.803. The van der Waals surface area contributed by atoms with E-state index in [1.165, 1.54) is 0 Å². The van der Waals surface area contributed by atoms with E-state index < -0.39 is 17.7 Å². The summed E-state index contributed by atoms with van der Waals surface area (Å²) < 4.78 is 4.58. The molecule has 10 heteroatoms. The first kappa shape index (κ1) is 31.5. The molecule has 37 heavy (non-hydrogen) atoms. The van der Waals surface area contributed by atoms with E-state index in [1.54, 1.807) is 20.8 Å². The minimum Gasteiger partial charge on any atom is -0.444 e. The molecule has 1 aromatic carbocycles. The molecule has 4 amide bonds. The van der Waals surface area contributed by atoms with Crippen molar-refractivity contribution in [2.45, 2.75) is 85.4 Å². The van der Waals surface area contributed by atoms with Gasteiger partial charge in [-0.05, 0) is 58.6 Å². The highest BCUT2D eigenvalue weighted by Crippen LogP contribution is 2.19. The fourth-order valence-electron chi connectivity index (χ4n) is 3.49. The average molecular weight is 518 g/mol. The molecular weight excluding hydrogens is 474 g/mol. The van der Waals surface area contributed by atoms with E-state index in [0.29, 0.717) is 6.42 Å². The monoisotopic (exact) mass is 517 g/mol. The zero-order chi connectivity index (χ0) is 28.2. The lowest BCUT2D eigenvalue weighted by molar-refractivity contribution is -0.131. The number of hydrogen-bond acceptors (Lipinski definition) is 5. The fraction of sp³-hybridized carbons (Fsp3) is 0.556. The molecular formula is C27H43N5O5. The van der Waals surface area contributed by atoms with Crippen LogP contribution in [0.3, 0.4) is 0 Å². The maximum absolute atomic E-state index is 12.6. The third-order valence-corrected chi connectivity index (χ3v) is 5.39. The number of aryl methyl sites for hydroxylation is 1. The van der Waals surface area contributed by atoms with E-state index in [1.807, 2.05) is 58.2 Å². The SMILES string of the molecule is CC(C)(C)OC(N)=O.CCC(C)C(NC(=O)CCc1c[nH]c2ccccc12)C(=O)NCC(=O)NC(C)C. The van der Waals surface area contributed by atoms with Gasteiger partial charge in [-0.2, -0.15) is 0 Å². The number of carbonyl (C=O) groups excluding carboxylic acids is 4. The van der Waals surface area contributed by atoms with Crippen LogP contribution in [0.4, 0.5) is 4.79 Å². The van der Waals surface area contributed by atoms with Crippen LogP contribution in [0.15, 0.2) is 30.5 Å². The smallest absolute Gasteiger partial charge is 0.405 e. The van der Waals surface area contributed by atoms with E-state index >= 15 is 0 Å². The Hall–Kier alpha value is -3.56. The van der Waals surface area contributed by atoms with Crippen LogP contribution in [0.1, 0.15) is 66.9 Å². The van der Waals surface area contributed by atoms with Gasteiger partial charge in [-0.15, -0.1) is 0 Å². The average Bonchev–Trinajstić information content (AvgIpc) is 3.20. The van der Waals surface area contributed by atoms with Gasteiger partial charge in [0.15, 0.2) is 0 Å². The van der Waals surface area contributed by atoms with Gasteiger partial charge in [0.05, 0.1) is 6.54 Å². The lowest BCUT2D eigenvalue weighted by Gasteiger charge is -2.23. The van der Waals surface area contributed by atoms with Crippen molar-refractivity contribution in [3.8, 4) is 0 Å². The number of rotatable bonds is 10. The minimum absolute atomic E-state index is 0.00831. The Morgan fingerprint density at radius 2 is 1.68 bits per heavy atom. The molecule has 1 aromatic heterocycles. The summed E-state index contributed by atoms with van der Waals surface area (Å²) in [4.78, 5) is 50.1. The normalized spacial score (nSPS) is 12.6. The Kier molecular flexibility index (Phi) is 12.6. The molecule has 2 aromatic rings. The second-order valence-electron chi connectivity index (χ2n) is 10.3. The van der Waals surface area contributed by atoms with Crippen LogP contribution >= 0.6 is 0 Å². The van der Waals surface area contributed by atoms with Gasteiger partial charge in [0.25, 0.3) is 0 Å². The minimum atomic E-state index is -0.725. The van der Waals surface area contributed by atoms with Crippen molar-refractivity contribution in [3.05, 3.63) is 36.0 Å². The lowest BCUT2D eigenvalue weighted by atomic mass is 9.98. The Labute approximate surface area is 219 Å². The second-order valence-corrected chi connectivity index (χ2v) is 10.3. The number of nitrogens with one attached hydrogen (secondary N) is 4. The number of ether oxygens (including phenoxy) is 1. The van der Waals surface area contributed by atoms with Crippen molar-refractivity contribution in [2.75, 3.05) is 6.54 Å². The van der Waals surface area contributed by atoms with Crippen LogP contribution in [-0.4, -0.2) is 53.0 Å². The maximum Gasteiger partial charge on any atom is 0.405 e. The Bertz CT molecular complexity index is 1040. The van der Waals surface area contributed by atoms with E-state index in [2.05, 4.69) is 25.7 Å². The predicted molar refractivity (Wildman–Crippen MR) is 145 cm³/mol. The summed E-state index contributed by atoms with van der Waals surface area (Å²) in [6, 6.07) is 7.30. The van der Waals surface area contributed by atoms with Gasteiger partial charge in [-0.1, -0.05) is 38.5 Å². The number of carbonyl (C=O) groups is 4. The summed E-state index contributed by atoms with van der Waals surface area (Å²) in [5, 5.41) is 9.31. The number of hydrogen-bond donors (Lipinski definition) is 5. The Morgan fingerprint density at radius 3 is 2.22 bits per heavy atom. The summed E-state index contributed by atoms with van der Waals surface area (Å²) >= 11 is 0. The van der Waals surface area contributed by atoms with Gasteiger partial charge in [-0.3, -0.25) is 14.4 Å². The van der Waals surface area contributed by atoms with Crippen LogP contribution in [0.25, 0.3) is 10.9 Å². The molecule has 0 bridgehead atoms. The molecule has 2 atom stereocenters. The second kappa shape index (κ2) is 14.9. The van der Waals surface area contributed by atoms with Gasteiger partial charge in [0, 0.05) is 29.6 Å². The summed E-state index contributed by atoms with van der Waals surface area (Å²) in [7, 11) is 0. The molecule has 0 saturated heterocycles. The molecule has 206 valence electrons. The van der Waals surface area contributed by atoms with E-state index in [4.69, 9.17) is 5.73 Å². The highest BCUT2D eigenvalue weighted by atomic mass is 16.6. The van der Waals surface area contributed by atoms with Crippen LogP contribution in [0.5, 0.6) is 0 Å². The number of primary amides is 1. The third kappa shape index (κ3) is 12.3. The van der Waals surface area contributed by atoms with Crippen LogP contribution in [0.2, 0.25) is 0 Å². The fourth-order valence-corrected chi connectivity index (χ4v) is 3.49. The highest BCUT2D eigenvalue weighted by molar-refractivity contribution is 5.91. The molecule has 2 rings (SSSR count). The standard InChI is InChI=1S/C22H32N4O3.C5H11NO2/c1-5-15(4)21(22(29)24-13-20(28)25-14(2)3)26-19(27)11-10-16-12-23-18-9-7-6-8-17(16)18;1-5(2,3)8-4(6)7/h6-9,12,14-15,21,23H,5,10-11,13H2,1-4H3,(H,24,29)(H,25,28)(H,26,27);1-3H3,(H2,6,7). The zero-order valence-corrected chi connectivity index (χ0v) is 23.1. The van der Waals surface area contributed by atoms with Crippen molar-refractivity contribution >= 4 is 34.7 Å². The molecule has 10 nitrogen and oxygen atoms in total. The molecule has 0 fully saturated rings. The molecule has 0 saturated carbocycles. The van der Waals surface area contributed by atoms with Crippen LogP contribution in [-0.2, 0) is 25.5 Å². The molecule has 1 heterocycles. The number of amides is 4. The van der Waals surface area contributed by atoms with Gasteiger partial charge in [0.1, 0.15) is 11.6 Å². The first-order valence-electron chi connectivity index (χ1n) is 12.6. The summed E-state index contributed by atoms with van der Waals surface area (Å²) in [5.41, 5.74) is 6.38. The van der Waals surface area contributed by atoms with Crippen molar-refractivity contribution in [1.82, 2.24) is 20.9 Å². The Morgan fingerprint density at radius 1 is 1.03 bits per heavy atom. The zero-order valence-electron chi connectivity index (χ0n) is 23.1. The third-order valence-electron chi connectivity index (χ3n) is 5.39. The van der Waals surface area contributed by atoms with Crippen molar-refractivity contribution < 1.29 is 23.9 Å². The van der Waals surface area contributed by atoms with E-state index in [0.717, 1.165) is 22.9 Å². The number of benzene rings is 1. The first-order chi connectivity index (χ1) is 17.2. The Balaban J connectivity index is 0.000000738. The van der Waals surface area contributed by atoms with E-state index in [-0.39, 0.29) is 42.6 Å². The number of H-pyrrole nitrogens is 1. The molecule has 0 aliphatic rings. The topological polar surface area (TPSA) is 155 Å². The molecule has 0 radical (unpaired) electrons. The van der Waals surface area contributed by atoms with Crippen molar-refractivity contribution in [3.63, 3.8) is 0 Å². The van der Waals surface area contributed by atoms with Crippen LogP contribution in [0, 0.1) is 5.92 Å². The molecule has 0 aliphatic carbocycles. The maximum atomic E-state index is 12.6. The predicted octanol–water partition coefficient (Wildman–Crippen LogP) is 3.15. The van der Waals surface area contributed by atoms with Crippen molar-refractivity contribution in [1.29, 1.82) is 0 Å². The summed E-state index contributed by atoms with van der Waals surface area (Å²) in [6.07, 6.45) is 2.80. The number of fused-ring (bicyclic) bond motifs is 1. The van der Waals surface area contributed by atoms with E-state index in [9.17, 15) is 19.2 Å². The molecule has 0 spiro atoms. The first-order valence-corrected chi connectivity index (χ1v) is 12.6. The molecule has 6 N–H and O–H groups in total. The van der Waals surface area contributed by atoms with Crippen LogP contribution < -0.4 is 21.7 Å². The largest absolute Gasteiger partial charge is 0.444 e. The van der Waals surface area contributed by atoms with Crippen molar-refractivity contribution in [2.24, 2.45) is 11.7 Å². The lowest BCUT2D eigenvalue weighted by Crippen LogP contribution is -2.52. The number of aromatic amines is 1. The number of aromatic nitrogens is 1. The van der Waals surface area contributed by atoms with Gasteiger partial charge in [-0.25, -0.2) is 4.79 Å². The molecule has 2 unspecified atom stereocenters. The number of para-hydroxylation sites is 1.